The van der Waals surface area contributed by atoms with E-state index in [-0.39, 0.29) is 0 Å². The molecular formula is C19H22N2OS. The van der Waals surface area contributed by atoms with Gasteiger partial charge in [0.25, 0.3) is 0 Å². The van der Waals surface area contributed by atoms with E-state index in [1.54, 1.807) is 7.11 Å². The average molecular weight is 326 g/mol. The lowest BCUT2D eigenvalue weighted by Crippen LogP contribution is -1.93. The first-order valence-electron chi connectivity index (χ1n) is 7.86. The summed E-state index contributed by atoms with van der Waals surface area (Å²) in [6.45, 7) is 4.51. The maximum Gasteiger partial charge on any atom is 0.138 e. The van der Waals surface area contributed by atoms with E-state index >= 15 is 0 Å². The Labute approximate surface area is 141 Å². The molecule has 0 aliphatic rings. The lowest BCUT2D eigenvalue weighted by atomic mass is 10.0. The van der Waals surface area contributed by atoms with Gasteiger partial charge >= 0.3 is 0 Å². The first-order valence-corrected chi connectivity index (χ1v) is 9.02. The standard InChI is InChI=1S/C19H22N2OS/c1-13(2)11-23-12-17-18(14-6-8-15(22-3)9-7-14)16-5-4-10-20-19(16)21-17/h4-10,13H,11-12H2,1-3H3,(H,20,21). The number of aromatic nitrogens is 2. The molecule has 0 bridgehead atoms. The topological polar surface area (TPSA) is 37.9 Å². The van der Waals surface area contributed by atoms with Gasteiger partial charge in [0, 0.05) is 28.6 Å². The second-order valence-corrected chi connectivity index (χ2v) is 7.05. The number of H-pyrrole nitrogens is 1. The third kappa shape index (κ3) is 3.53. The molecule has 0 radical (unpaired) electrons. The van der Waals surface area contributed by atoms with Crippen molar-refractivity contribution in [3.05, 3.63) is 48.3 Å². The summed E-state index contributed by atoms with van der Waals surface area (Å²) in [6.07, 6.45) is 1.83. The number of hydrogen-bond acceptors (Lipinski definition) is 3. The van der Waals surface area contributed by atoms with Crippen molar-refractivity contribution < 1.29 is 4.74 Å². The van der Waals surface area contributed by atoms with E-state index in [4.69, 9.17) is 4.74 Å². The van der Waals surface area contributed by atoms with Crippen LogP contribution in [0.1, 0.15) is 19.5 Å². The second kappa shape index (κ2) is 7.09. The third-order valence-corrected chi connectivity index (χ3v) is 5.12. The van der Waals surface area contributed by atoms with E-state index in [9.17, 15) is 0 Å². The molecule has 2 heterocycles. The molecule has 3 rings (SSSR count). The molecular weight excluding hydrogens is 304 g/mol. The van der Waals surface area contributed by atoms with Gasteiger partial charge in [0.1, 0.15) is 11.4 Å². The summed E-state index contributed by atoms with van der Waals surface area (Å²) in [5.41, 5.74) is 4.66. The Morgan fingerprint density at radius 1 is 1.17 bits per heavy atom. The number of nitrogens with zero attached hydrogens (tertiary/aromatic N) is 1. The molecule has 0 atom stereocenters. The largest absolute Gasteiger partial charge is 0.497 e. The maximum absolute atomic E-state index is 5.27. The van der Waals surface area contributed by atoms with Gasteiger partial charge < -0.3 is 9.72 Å². The fourth-order valence-electron chi connectivity index (χ4n) is 2.67. The van der Waals surface area contributed by atoms with Crippen LogP contribution in [-0.4, -0.2) is 22.8 Å². The molecule has 23 heavy (non-hydrogen) atoms. The number of fused-ring (bicyclic) bond motifs is 1. The van der Waals surface area contributed by atoms with Gasteiger partial charge in [-0.3, -0.25) is 0 Å². The molecule has 0 saturated heterocycles. The van der Waals surface area contributed by atoms with Crippen LogP contribution in [0.5, 0.6) is 5.75 Å². The van der Waals surface area contributed by atoms with Crippen molar-refractivity contribution in [1.82, 2.24) is 9.97 Å². The number of ether oxygens (including phenoxy) is 1. The van der Waals surface area contributed by atoms with Crippen LogP contribution in [0.3, 0.4) is 0 Å². The highest BCUT2D eigenvalue weighted by Gasteiger charge is 2.14. The monoisotopic (exact) mass is 326 g/mol. The summed E-state index contributed by atoms with van der Waals surface area (Å²) >= 11 is 1.96. The third-order valence-electron chi connectivity index (χ3n) is 3.72. The lowest BCUT2D eigenvalue weighted by Gasteiger charge is -2.08. The zero-order valence-electron chi connectivity index (χ0n) is 13.8. The van der Waals surface area contributed by atoms with Crippen LogP contribution in [0.25, 0.3) is 22.2 Å². The fraction of sp³-hybridized carbons (Fsp3) is 0.316. The Kier molecular flexibility index (Phi) is 4.91. The van der Waals surface area contributed by atoms with E-state index in [1.807, 2.05) is 36.2 Å². The SMILES string of the molecule is COc1ccc(-c2c(CSCC(C)C)[nH]c3ncccc23)cc1. The van der Waals surface area contributed by atoms with Gasteiger partial charge in [-0.2, -0.15) is 11.8 Å². The van der Waals surface area contributed by atoms with Crippen molar-refractivity contribution >= 4 is 22.8 Å². The molecule has 0 aliphatic heterocycles. The normalized spacial score (nSPS) is 11.3. The Hall–Kier alpha value is -1.94. The first kappa shape index (κ1) is 15.9. The zero-order chi connectivity index (χ0) is 16.2. The van der Waals surface area contributed by atoms with Crippen LogP contribution >= 0.6 is 11.8 Å². The minimum absolute atomic E-state index is 0.701. The van der Waals surface area contributed by atoms with Crippen molar-refractivity contribution in [2.75, 3.05) is 12.9 Å². The van der Waals surface area contributed by atoms with Crippen molar-refractivity contribution in [3.63, 3.8) is 0 Å². The van der Waals surface area contributed by atoms with Gasteiger partial charge in [-0.15, -0.1) is 0 Å². The summed E-state index contributed by atoms with van der Waals surface area (Å²) in [5.74, 6) is 3.70. The van der Waals surface area contributed by atoms with E-state index in [2.05, 4.69) is 42.0 Å². The van der Waals surface area contributed by atoms with Gasteiger partial charge in [-0.05, 0) is 41.5 Å². The Morgan fingerprint density at radius 2 is 1.96 bits per heavy atom. The Bertz CT molecular complexity index is 778. The van der Waals surface area contributed by atoms with E-state index in [0.717, 1.165) is 22.9 Å². The van der Waals surface area contributed by atoms with Crippen LogP contribution in [0.4, 0.5) is 0 Å². The number of methoxy groups -OCH3 is 1. The fourth-order valence-corrected chi connectivity index (χ4v) is 3.68. The minimum atomic E-state index is 0.701. The molecule has 1 N–H and O–H groups in total. The smallest absolute Gasteiger partial charge is 0.138 e. The molecule has 0 unspecified atom stereocenters. The summed E-state index contributed by atoms with van der Waals surface area (Å²) in [6, 6.07) is 12.4. The number of nitrogens with one attached hydrogen (secondary N) is 1. The van der Waals surface area contributed by atoms with Gasteiger partial charge in [0.15, 0.2) is 0 Å². The molecule has 0 fully saturated rings. The number of pyridine rings is 1. The number of rotatable bonds is 6. The molecule has 120 valence electrons. The highest BCUT2D eigenvalue weighted by molar-refractivity contribution is 7.98. The summed E-state index contributed by atoms with van der Waals surface area (Å²) in [7, 11) is 1.69. The molecule has 0 aliphatic carbocycles. The van der Waals surface area contributed by atoms with Gasteiger partial charge in [0.05, 0.1) is 7.11 Å². The van der Waals surface area contributed by atoms with E-state index in [0.29, 0.717) is 5.92 Å². The van der Waals surface area contributed by atoms with E-state index in [1.165, 1.54) is 22.2 Å². The quantitative estimate of drug-likeness (QED) is 0.682. The zero-order valence-corrected chi connectivity index (χ0v) is 14.6. The molecule has 1 aromatic carbocycles. The Morgan fingerprint density at radius 3 is 2.65 bits per heavy atom. The molecule has 2 aromatic heterocycles. The van der Waals surface area contributed by atoms with Crippen LogP contribution in [0.2, 0.25) is 0 Å². The van der Waals surface area contributed by atoms with Crippen molar-refractivity contribution in [2.45, 2.75) is 19.6 Å². The van der Waals surface area contributed by atoms with Crippen LogP contribution in [0, 0.1) is 5.92 Å². The van der Waals surface area contributed by atoms with Gasteiger partial charge in [-0.25, -0.2) is 4.98 Å². The molecule has 3 nitrogen and oxygen atoms in total. The van der Waals surface area contributed by atoms with Crippen LogP contribution in [0.15, 0.2) is 42.6 Å². The van der Waals surface area contributed by atoms with Gasteiger partial charge in [-0.1, -0.05) is 26.0 Å². The average Bonchev–Trinajstić information content (AvgIpc) is 2.93. The molecule has 0 spiro atoms. The van der Waals surface area contributed by atoms with Crippen LogP contribution in [-0.2, 0) is 5.75 Å². The summed E-state index contributed by atoms with van der Waals surface area (Å²) in [4.78, 5) is 7.98. The second-order valence-electron chi connectivity index (χ2n) is 6.02. The first-order chi connectivity index (χ1) is 11.2. The van der Waals surface area contributed by atoms with E-state index < -0.39 is 0 Å². The summed E-state index contributed by atoms with van der Waals surface area (Å²) < 4.78 is 5.27. The van der Waals surface area contributed by atoms with Crippen LogP contribution < -0.4 is 4.74 Å². The molecule has 3 aromatic rings. The predicted octanol–water partition coefficient (Wildman–Crippen LogP) is 5.13. The predicted molar refractivity (Wildman–Crippen MR) is 99.1 cm³/mol. The maximum atomic E-state index is 5.27. The minimum Gasteiger partial charge on any atom is -0.497 e. The van der Waals surface area contributed by atoms with Crippen molar-refractivity contribution in [3.8, 4) is 16.9 Å². The number of aromatic amines is 1. The summed E-state index contributed by atoms with van der Waals surface area (Å²) in [5, 5.41) is 1.18. The number of hydrogen-bond donors (Lipinski definition) is 1. The molecule has 0 amide bonds. The van der Waals surface area contributed by atoms with Crippen molar-refractivity contribution in [2.24, 2.45) is 5.92 Å². The van der Waals surface area contributed by atoms with Gasteiger partial charge in [0.2, 0.25) is 0 Å². The van der Waals surface area contributed by atoms with Crippen molar-refractivity contribution in [1.29, 1.82) is 0 Å². The lowest BCUT2D eigenvalue weighted by molar-refractivity contribution is 0.415. The highest BCUT2D eigenvalue weighted by Crippen LogP contribution is 2.34. The highest BCUT2D eigenvalue weighted by atomic mass is 32.2. The Balaban J connectivity index is 2.01. The molecule has 4 heteroatoms. The number of benzene rings is 1. The molecule has 0 saturated carbocycles. The number of thioether (sulfide) groups is 1.